The average Bonchev–Trinajstić information content (AvgIpc) is 2.84. The number of thiazole rings is 1. The first-order valence-electron chi connectivity index (χ1n) is 8.71. The fourth-order valence-corrected chi connectivity index (χ4v) is 2.47. The Kier molecular flexibility index (Phi) is 12.1. The number of amides is 1. The number of carbonyl (C=O) groups is 1. The molecule has 0 aliphatic rings. The van der Waals surface area contributed by atoms with Gasteiger partial charge in [-0.1, -0.05) is 93.4 Å². The molecule has 0 saturated carbocycles. The summed E-state index contributed by atoms with van der Waals surface area (Å²) in [5.41, 5.74) is 1.47. The van der Waals surface area contributed by atoms with Gasteiger partial charge in [-0.25, -0.2) is 4.98 Å². The second-order valence-electron chi connectivity index (χ2n) is 7.91. The van der Waals surface area contributed by atoms with E-state index in [1.54, 1.807) is 6.08 Å². The van der Waals surface area contributed by atoms with Gasteiger partial charge in [0.25, 0.3) is 0 Å². The maximum absolute atomic E-state index is 12.0. The van der Waals surface area contributed by atoms with Crippen molar-refractivity contribution >= 4 is 34.5 Å². The van der Waals surface area contributed by atoms with Gasteiger partial charge in [-0.3, -0.25) is 4.79 Å². The summed E-state index contributed by atoms with van der Waals surface area (Å²) in [6, 6.07) is 0. The van der Waals surface area contributed by atoms with Gasteiger partial charge in [-0.05, 0) is 29.6 Å². The summed E-state index contributed by atoms with van der Waals surface area (Å²) in [6.07, 6.45) is 5.61. The lowest BCUT2D eigenvalue weighted by Crippen LogP contribution is -2.27. The van der Waals surface area contributed by atoms with E-state index in [0.29, 0.717) is 11.0 Å². The molecule has 1 amide bonds. The van der Waals surface area contributed by atoms with Gasteiger partial charge < -0.3 is 5.32 Å². The molecule has 0 aliphatic carbocycles. The summed E-state index contributed by atoms with van der Waals surface area (Å²) in [5.74, 6) is 1.17. The molecule has 3 nitrogen and oxygen atoms in total. The van der Waals surface area contributed by atoms with Crippen LogP contribution in [0.1, 0.15) is 73.4 Å². The molecule has 26 heavy (non-hydrogen) atoms. The fraction of sp³-hybridized carbons (Fsp3) is 0.545. The van der Waals surface area contributed by atoms with Crippen LogP contribution in [0.25, 0.3) is 12.2 Å². The third kappa shape index (κ3) is 9.71. The van der Waals surface area contributed by atoms with Crippen LogP contribution in [0.3, 0.4) is 0 Å². The number of hydrogen-bond donors (Lipinski definition) is 1. The number of carbonyl (C=O) groups excluding carboxylic acids is 1. The molecule has 0 atom stereocenters. The molecule has 1 heterocycles. The summed E-state index contributed by atoms with van der Waals surface area (Å²) in [6.45, 7) is 24.0. The van der Waals surface area contributed by atoms with Crippen LogP contribution in [-0.4, -0.2) is 10.9 Å². The molecule has 0 aromatic carbocycles. The minimum Gasteiger partial charge on any atom is -0.301 e. The largest absolute Gasteiger partial charge is 0.301 e. The Morgan fingerprint density at radius 3 is 2.00 bits per heavy atom. The van der Waals surface area contributed by atoms with Crippen molar-refractivity contribution in [1.29, 1.82) is 0 Å². The van der Waals surface area contributed by atoms with Crippen LogP contribution in [0.5, 0.6) is 0 Å². The zero-order valence-corrected chi connectivity index (χ0v) is 17.9. The molecule has 0 fully saturated rings. The van der Waals surface area contributed by atoms with Gasteiger partial charge in [0.05, 0.1) is 10.6 Å². The molecule has 0 saturated heterocycles. The second kappa shape index (κ2) is 11.8. The molecule has 1 rings (SSSR count). The second-order valence-corrected chi connectivity index (χ2v) is 8.94. The molecule has 148 valence electrons. The van der Waals surface area contributed by atoms with E-state index in [1.807, 2.05) is 26.8 Å². The van der Waals surface area contributed by atoms with Crippen LogP contribution in [0.15, 0.2) is 24.8 Å². The minimum absolute atomic E-state index is 0. The first kappa shape index (κ1) is 26.5. The quantitative estimate of drug-likeness (QED) is 0.546. The average molecular weight is 379 g/mol. The Morgan fingerprint density at radius 1 is 1.15 bits per heavy atom. The molecule has 0 radical (unpaired) electrons. The molecule has 0 unspecified atom stereocenters. The highest BCUT2D eigenvalue weighted by Crippen LogP contribution is 2.29. The van der Waals surface area contributed by atoms with E-state index in [4.69, 9.17) is 0 Å². The third-order valence-corrected chi connectivity index (χ3v) is 3.91. The van der Waals surface area contributed by atoms with Crippen LogP contribution in [0, 0.1) is 17.3 Å². The van der Waals surface area contributed by atoms with Crippen molar-refractivity contribution in [1.82, 2.24) is 4.98 Å². The zero-order chi connectivity index (χ0) is 19.8. The van der Waals surface area contributed by atoms with Crippen LogP contribution >= 0.6 is 11.3 Å². The van der Waals surface area contributed by atoms with Crippen LogP contribution in [0.2, 0.25) is 0 Å². The van der Waals surface area contributed by atoms with Gasteiger partial charge in [0.1, 0.15) is 0 Å². The first-order chi connectivity index (χ1) is 11.4. The van der Waals surface area contributed by atoms with Gasteiger partial charge >= 0.3 is 0 Å². The Labute approximate surface area is 165 Å². The molecular weight excluding hydrogens is 340 g/mol. The van der Waals surface area contributed by atoms with Gasteiger partial charge in [0.15, 0.2) is 5.13 Å². The lowest BCUT2D eigenvalue weighted by molar-refractivity contribution is -0.123. The Balaban J connectivity index is 0. The molecular formula is C22H38N2OS. The third-order valence-electron chi connectivity index (χ3n) is 2.98. The molecule has 0 bridgehead atoms. The normalized spacial score (nSPS) is 11.4. The predicted octanol–water partition coefficient (Wildman–Crippen LogP) is 7.29. The molecule has 4 heteroatoms. The predicted molar refractivity (Wildman–Crippen MR) is 121 cm³/mol. The van der Waals surface area contributed by atoms with Crippen molar-refractivity contribution in [3.05, 3.63) is 35.4 Å². The molecule has 1 aromatic rings. The summed E-state index contributed by atoms with van der Waals surface area (Å²) < 4.78 is 0. The Morgan fingerprint density at radius 2 is 1.65 bits per heavy atom. The van der Waals surface area contributed by atoms with E-state index in [1.165, 1.54) is 11.3 Å². The maximum Gasteiger partial charge on any atom is 0.231 e. The monoisotopic (exact) mass is 378 g/mol. The van der Waals surface area contributed by atoms with Crippen LogP contribution < -0.4 is 5.32 Å². The van der Waals surface area contributed by atoms with E-state index in [2.05, 4.69) is 64.2 Å². The number of hydrogen-bond acceptors (Lipinski definition) is 3. The van der Waals surface area contributed by atoms with Crippen molar-refractivity contribution in [2.24, 2.45) is 17.3 Å². The van der Waals surface area contributed by atoms with Crippen molar-refractivity contribution in [3.8, 4) is 0 Å². The molecule has 0 spiro atoms. The number of nitrogens with one attached hydrogen (secondary N) is 1. The smallest absolute Gasteiger partial charge is 0.231 e. The lowest BCUT2D eigenvalue weighted by Gasteiger charge is -2.15. The maximum atomic E-state index is 12.0. The van der Waals surface area contributed by atoms with Crippen molar-refractivity contribution in [2.45, 2.75) is 62.8 Å². The fourth-order valence-electron chi connectivity index (χ4n) is 1.54. The van der Waals surface area contributed by atoms with Gasteiger partial charge in [-0.2, -0.15) is 0 Å². The minimum atomic E-state index is -0.444. The van der Waals surface area contributed by atoms with E-state index in [0.717, 1.165) is 22.1 Å². The Bertz CT molecular complexity index is 614. The number of allylic oxidation sites excluding steroid dienone is 2. The van der Waals surface area contributed by atoms with Crippen molar-refractivity contribution in [2.75, 3.05) is 5.32 Å². The standard InChI is InChI=1S/C17H24N2OS.C4H10.CH4/c1-8-12(11(3)4)10-14-13(9-2)18-16(21-14)19-15(20)17(5,6)7;1-4(2)3;/h8-11H,1-2H2,3-7H3,(H,18,19,20);4H,1-3H3;1H4/b12-10+;;. The summed E-state index contributed by atoms with van der Waals surface area (Å²) in [7, 11) is 0. The highest BCUT2D eigenvalue weighted by Gasteiger charge is 2.22. The zero-order valence-electron chi connectivity index (χ0n) is 17.1. The van der Waals surface area contributed by atoms with Gasteiger partial charge in [0, 0.05) is 5.41 Å². The highest BCUT2D eigenvalue weighted by molar-refractivity contribution is 7.16. The van der Waals surface area contributed by atoms with Gasteiger partial charge in [0.2, 0.25) is 5.91 Å². The molecule has 1 aromatic heterocycles. The molecule has 0 aliphatic heterocycles. The number of nitrogens with zero attached hydrogens (tertiary/aromatic N) is 1. The summed E-state index contributed by atoms with van der Waals surface area (Å²) in [5, 5.41) is 3.46. The SMILES string of the molecule is C.C=C/C(=C\c1sc(NC(=O)C(C)(C)C)nc1C=C)C(C)C.CC(C)C. The van der Waals surface area contributed by atoms with E-state index in [9.17, 15) is 4.79 Å². The number of anilines is 1. The van der Waals surface area contributed by atoms with Crippen molar-refractivity contribution < 1.29 is 4.79 Å². The summed E-state index contributed by atoms with van der Waals surface area (Å²) >= 11 is 1.45. The molecule has 1 N–H and O–H groups in total. The van der Waals surface area contributed by atoms with E-state index in [-0.39, 0.29) is 13.3 Å². The van der Waals surface area contributed by atoms with Gasteiger partial charge in [-0.15, -0.1) is 0 Å². The van der Waals surface area contributed by atoms with E-state index < -0.39 is 5.41 Å². The first-order valence-corrected chi connectivity index (χ1v) is 9.52. The van der Waals surface area contributed by atoms with Crippen LogP contribution in [-0.2, 0) is 4.79 Å². The van der Waals surface area contributed by atoms with Crippen LogP contribution in [0.4, 0.5) is 5.13 Å². The summed E-state index contributed by atoms with van der Waals surface area (Å²) in [4.78, 5) is 17.4. The highest BCUT2D eigenvalue weighted by atomic mass is 32.1. The lowest BCUT2D eigenvalue weighted by atomic mass is 9.96. The number of rotatable bonds is 5. The number of aromatic nitrogens is 1. The van der Waals surface area contributed by atoms with Crippen molar-refractivity contribution in [3.63, 3.8) is 0 Å². The Hall–Kier alpha value is -1.68. The van der Waals surface area contributed by atoms with E-state index >= 15 is 0 Å². The topological polar surface area (TPSA) is 42.0 Å².